The van der Waals surface area contributed by atoms with Crippen LogP contribution >= 0.6 is 19.4 Å². The fourth-order valence-electron chi connectivity index (χ4n) is 0.971. The summed E-state index contributed by atoms with van der Waals surface area (Å²) >= 11 is 1.54. The van der Waals surface area contributed by atoms with Crippen LogP contribution < -0.4 is 0 Å². The molecule has 0 spiro atoms. The summed E-state index contributed by atoms with van der Waals surface area (Å²) < 4.78 is 10.5. The first-order chi connectivity index (χ1) is 6.95. The summed E-state index contributed by atoms with van der Waals surface area (Å²) in [5, 5.41) is 17.5. The lowest BCUT2D eigenvalue weighted by molar-refractivity contribution is 0.113. The molecule has 0 aromatic rings. The zero-order chi connectivity index (χ0) is 11.7. The predicted octanol–water partition coefficient (Wildman–Crippen LogP) is 0.421. The van der Waals surface area contributed by atoms with Gasteiger partial charge in [0.1, 0.15) is 0 Å². The summed E-state index contributed by atoms with van der Waals surface area (Å²) in [4.78, 5) is 17.1. The van der Waals surface area contributed by atoms with Crippen LogP contribution in [0, 0.1) is 0 Å². The highest BCUT2D eigenvalue weighted by Crippen LogP contribution is 2.35. The molecule has 0 aliphatic carbocycles. The maximum atomic E-state index is 10.5. The Morgan fingerprint density at radius 2 is 1.87 bits per heavy atom. The third-order valence-electron chi connectivity index (χ3n) is 1.76. The van der Waals surface area contributed by atoms with E-state index in [2.05, 4.69) is 0 Å². The van der Waals surface area contributed by atoms with E-state index in [1.54, 1.807) is 0 Å². The summed E-state index contributed by atoms with van der Waals surface area (Å²) in [5.74, 6) is 1.35. The molecule has 0 saturated heterocycles. The van der Waals surface area contributed by atoms with E-state index >= 15 is 0 Å². The summed E-state index contributed by atoms with van der Waals surface area (Å²) in [6.45, 7) is -0.217. The number of rotatable bonds is 9. The minimum absolute atomic E-state index is 0.0447. The number of hydrogen-bond donors (Lipinski definition) is 4. The van der Waals surface area contributed by atoms with Crippen LogP contribution in [0.15, 0.2) is 0 Å². The van der Waals surface area contributed by atoms with Gasteiger partial charge >= 0.3 is 7.60 Å². The smallest absolute Gasteiger partial charge is 0.325 e. The molecule has 0 heterocycles. The maximum Gasteiger partial charge on any atom is 0.325 e. The number of unbranched alkanes of at least 4 members (excludes halogenated alkanes) is 2. The molecule has 15 heavy (non-hydrogen) atoms. The quantitative estimate of drug-likeness (QED) is 0.353. The second kappa shape index (κ2) is 8.56. The van der Waals surface area contributed by atoms with Crippen LogP contribution in [0.1, 0.15) is 19.3 Å². The lowest BCUT2D eigenvalue weighted by Gasteiger charge is -2.06. The highest BCUT2D eigenvalue weighted by atomic mass is 32.2. The number of thioether (sulfide) groups is 1. The van der Waals surface area contributed by atoms with Crippen molar-refractivity contribution in [2.24, 2.45) is 0 Å². The van der Waals surface area contributed by atoms with E-state index in [-0.39, 0.29) is 12.8 Å². The molecule has 1 atom stereocenters. The zero-order valence-electron chi connectivity index (χ0n) is 8.58. The van der Waals surface area contributed by atoms with Crippen LogP contribution in [0.25, 0.3) is 0 Å². The van der Waals surface area contributed by atoms with Gasteiger partial charge in [0.05, 0.1) is 12.7 Å². The minimum Gasteiger partial charge on any atom is -0.394 e. The number of aliphatic hydroxyl groups excluding tert-OH is 2. The van der Waals surface area contributed by atoms with Crippen LogP contribution in [-0.2, 0) is 4.57 Å². The Hall–Kier alpha value is 0.420. The van der Waals surface area contributed by atoms with Crippen LogP contribution in [0.4, 0.5) is 0 Å². The number of aliphatic hydroxyl groups is 2. The normalized spacial score (nSPS) is 14.1. The van der Waals surface area contributed by atoms with E-state index in [0.29, 0.717) is 12.2 Å². The first-order valence-corrected chi connectivity index (χ1v) is 7.82. The SMILES string of the molecule is O=P(O)(O)CCCCCSCC(O)CO. The second-order valence-corrected chi connectivity index (χ2v) is 6.29. The third-order valence-corrected chi connectivity index (χ3v) is 3.86. The first kappa shape index (κ1) is 15.4. The average Bonchev–Trinajstić information content (AvgIpc) is 2.14. The van der Waals surface area contributed by atoms with E-state index < -0.39 is 13.7 Å². The van der Waals surface area contributed by atoms with Gasteiger partial charge in [-0.2, -0.15) is 11.8 Å². The fraction of sp³-hybridized carbons (Fsp3) is 1.00. The lowest BCUT2D eigenvalue weighted by atomic mass is 10.3. The summed E-state index contributed by atoms with van der Waals surface area (Å²) in [7, 11) is -3.82. The molecule has 0 saturated carbocycles. The van der Waals surface area contributed by atoms with Gasteiger partial charge in [-0.1, -0.05) is 6.42 Å². The molecule has 0 aromatic heterocycles. The monoisotopic (exact) mass is 258 g/mol. The molecular weight excluding hydrogens is 239 g/mol. The van der Waals surface area contributed by atoms with Crippen LogP contribution in [0.3, 0.4) is 0 Å². The molecular formula is C8H19O5PS. The van der Waals surface area contributed by atoms with Crippen molar-refractivity contribution in [2.45, 2.75) is 25.4 Å². The van der Waals surface area contributed by atoms with E-state index in [0.717, 1.165) is 18.6 Å². The molecule has 0 fully saturated rings. The first-order valence-electron chi connectivity index (χ1n) is 4.87. The molecule has 4 N–H and O–H groups in total. The van der Waals surface area contributed by atoms with Gasteiger partial charge in [-0.25, -0.2) is 0 Å². The Kier molecular flexibility index (Phi) is 8.80. The Labute approximate surface area is 94.1 Å². The van der Waals surface area contributed by atoms with Crippen molar-refractivity contribution in [3.8, 4) is 0 Å². The van der Waals surface area contributed by atoms with E-state index in [1.165, 1.54) is 11.8 Å². The molecule has 0 aromatic carbocycles. The molecule has 1 unspecified atom stereocenters. The standard InChI is InChI=1S/C8H19O5PS/c9-6-8(10)7-15-5-3-1-2-4-14(11,12)13/h8-10H,1-7H2,(H2,11,12,13). The van der Waals surface area contributed by atoms with Gasteiger partial charge in [-0.15, -0.1) is 0 Å². The molecule has 5 nitrogen and oxygen atoms in total. The van der Waals surface area contributed by atoms with Gasteiger partial charge in [0.2, 0.25) is 0 Å². The van der Waals surface area contributed by atoms with E-state index in [9.17, 15) is 4.57 Å². The molecule has 0 aliphatic rings. The highest BCUT2D eigenvalue weighted by Gasteiger charge is 2.11. The summed E-state index contributed by atoms with van der Waals surface area (Å²) in [6.07, 6.45) is 1.49. The Balaban J connectivity index is 3.16. The van der Waals surface area contributed by atoms with Gasteiger partial charge in [0.25, 0.3) is 0 Å². The topological polar surface area (TPSA) is 98.0 Å². The molecule has 0 radical (unpaired) electrons. The Morgan fingerprint density at radius 1 is 1.20 bits per heavy atom. The fourth-order valence-corrected chi connectivity index (χ4v) is 2.56. The van der Waals surface area contributed by atoms with Gasteiger partial charge in [0, 0.05) is 11.9 Å². The van der Waals surface area contributed by atoms with Crippen LogP contribution in [0.2, 0.25) is 0 Å². The highest BCUT2D eigenvalue weighted by molar-refractivity contribution is 7.99. The van der Waals surface area contributed by atoms with Crippen molar-refractivity contribution in [2.75, 3.05) is 24.3 Å². The van der Waals surface area contributed by atoms with Crippen molar-refractivity contribution in [1.29, 1.82) is 0 Å². The van der Waals surface area contributed by atoms with Gasteiger partial charge in [0.15, 0.2) is 0 Å². The number of hydrogen-bond acceptors (Lipinski definition) is 4. The molecule has 0 aliphatic heterocycles. The largest absolute Gasteiger partial charge is 0.394 e. The van der Waals surface area contributed by atoms with Crippen molar-refractivity contribution < 1.29 is 24.6 Å². The second-order valence-electron chi connectivity index (χ2n) is 3.36. The summed E-state index contributed by atoms with van der Waals surface area (Å²) in [5.41, 5.74) is 0. The Bertz CT molecular complexity index is 195. The Morgan fingerprint density at radius 3 is 2.40 bits per heavy atom. The molecule has 0 amide bonds. The molecule has 0 rings (SSSR count). The average molecular weight is 258 g/mol. The minimum atomic E-state index is -3.82. The lowest BCUT2D eigenvalue weighted by Crippen LogP contribution is -2.14. The van der Waals surface area contributed by atoms with Crippen molar-refractivity contribution in [1.82, 2.24) is 0 Å². The molecule has 92 valence electrons. The van der Waals surface area contributed by atoms with Crippen molar-refractivity contribution >= 4 is 19.4 Å². The predicted molar refractivity (Wildman–Crippen MR) is 61.2 cm³/mol. The van der Waals surface area contributed by atoms with E-state index in [1.807, 2.05) is 0 Å². The third kappa shape index (κ3) is 12.4. The van der Waals surface area contributed by atoms with Gasteiger partial charge in [-0.05, 0) is 18.6 Å². The van der Waals surface area contributed by atoms with Crippen LogP contribution in [-0.4, -0.2) is 50.4 Å². The maximum absolute atomic E-state index is 10.5. The van der Waals surface area contributed by atoms with Crippen molar-refractivity contribution in [3.05, 3.63) is 0 Å². The summed E-state index contributed by atoms with van der Waals surface area (Å²) in [6, 6.07) is 0. The molecule has 0 bridgehead atoms. The molecule has 7 heteroatoms. The van der Waals surface area contributed by atoms with Gasteiger partial charge in [-0.3, -0.25) is 4.57 Å². The van der Waals surface area contributed by atoms with Gasteiger partial charge < -0.3 is 20.0 Å². The van der Waals surface area contributed by atoms with E-state index in [4.69, 9.17) is 20.0 Å². The van der Waals surface area contributed by atoms with Crippen molar-refractivity contribution in [3.63, 3.8) is 0 Å². The van der Waals surface area contributed by atoms with Crippen LogP contribution in [0.5, 0.6) is 0 Å². The zero-order valence-corrected chi connectivity index (χ0v) is 10.3.